The number of hydrogen-bond donors (Lipinski definition) is 0. The second kappa shape index (κ2) is 8.06. The van der Waals surface area contributed by atoms with Crippen LogP contribution in [-0.2, 0) is 5.75 Å². The smallest absolute Gasteiger partial charge is 0.192 e. The van der Waals surface area contributed by atoms with Gasteiger partial charge in [0, 0.05) is 21.8 Å². The number of benzene rings is 2. The first-order chi connectivity index (χ1) is 12.1. The van der Waals surface area contributed by atoms with E-state index in [1.807, 2.05) is 24.3 Å². The lowest BCUT2D eigenvalue weighted by atomic mass is 10.2. The summed E-state index contributed by atoms with van der Waals surface area (Å²) in [7, 11) is 1.67. The van der Waals surface area contributed by atoms with Crippen LogP contribution in [0.2, 0.25) is 0 Å². The molecule has 0 radical (unpaired) electrons. The Balaban J connectivity index is 1.84. The van der Waals surface area contributed by atoms with Gasteiger partial charge in [0.05, 0.1) is 7.11 Å². The van der Waals surface area contributed by atoms with Gasteiger partial charge in [-0.3, -0.25) is 4.57 Å². The molecule has 0 aliphatic rings. The largest absolute Gasteiger partial charge is 0.497 e. The number of methoxy groups -OCH3 is 1. The van der Waals surface area contributed by atoms with Gasteiger partial charge in [-0.1, -0.05) is 39.8 Å². The molecule has 0 bridgehead atoms. The number of ether oxygens (including phenoxy) is 1. The van der Waals surface area contributed by atoms with E-state index in [0.717, 1.165) is 32.5 Å². The van der Waals surface area contributed by atoms with E-state index in [0.29, 0.717) is 0 Å². The number of thioether (sulfide) groups is 1. The second-order valence-electron chi connectivity index (χ2n) is 5.91. The Bertz CT molecular complexity index is 829. The third kappa shape index (κ3) is 4.25. The summed E-state index contributed by atoms with van der Waals surface area (Å²) in [5.74, 6) is 2.58. The molecule has 3 aromatic rings. The molecule has 0 N–H and O–H groups in total. The zero-order valence-electron chi connectivity index (χ0n) is 14.4. The summed E-state index contributed by atoms with van der Waals surface area (Å²) in [4.78, 5) is 0. The highest BCUT2D eigenvalue weighted by Gasteiger charge is 2.17. The van der Waals surface area contributed by atoms with Crippen molar-refractivity contribution in [2.45, 2.75) is 30.8 Å². The van der Waals surface area contributed by atoms with Crippen LogP contribution < -0.4 is 4.74 Å². The van der Waals surface area contributed by atoms with Crippen LogP contribution >= 0.6 is 27.7 Å². The molecule has 4 nitrogen and oxygen atoms in total. The van der Waals surface area contributed by atoms with Gasteiger partial charge < -0.3 is 4.74 Å². The first-order valence-electron chi connectivity index (χ1n) is 8.05. The standard InChI is InChI=1S/C19H20BrN3OS/c1-13(2)23-18(15-6-10-17(24-3)11-7-15)21-22-19(23)25-12-14-4-8-16(20)9-5-14/h4-11,13H,12H2,1-3H3. The number of hydrogen-bond acceptors (Lipinski definition) is 4. The maximum absolute atomic E-state index is 5.23. The highest BCUT2D eigenvalue weighted by Crippen LogP contribution is 2.30. The van der Waals surface area contributed by atoms with Crippen molar-refractivity contribution in [2.75, 3.05) is 7.11 Å². The molecular weight excluding hydrogens is 398 g/mol. The molecular formula is C19H20BrN3OS. The molecule has 0 fully saturated rings. The second-order valence-corrected chi connectivity index (χ2v) is 7.77. The van der Waals surface area contributed by atoms with Crippen molar-refractivity contribution < 1.29 is 4.74 Å². The van der Waals surface area contributed by atoms with Gasteiger partial charge in [-0.25, -0.2) is 0 Å². The molecule has 1 heterocycles. The lowest BCUT2D eigenvalue weighted by Gasteiger charge is -2.14. The van der Waals surface area contributed by atoms with Gasteiger partial charge in [0.25, 0.3) is 0 Å². The minimum Gasteiger partial charge on any atom is -0.497 e. The third-order valence-corrected chi connectivity index (χ3v) is 5.35. The highest BCUT2D eigenvalue weighted by molar-refractivity contribution is 9.10. The fraction of sp³-hybridized carbons (Fsp3) is 0.263. The normalized spacial score (nSPS) is 11.1. The molecule has 25 heavy (non-hydrogen) atoms. The van der Waals surface area contributed by atoms with Crippen LogP contribution in [0.4, 0.5) is 0 Å². The quantitative estimate of drug-likeness (QED) is 0.490. The molecule has 0 amide bonds. The van der Waals surface area contributed by atoms with Gasteiger partial charge >= 0.3 is 0 Å². The van der Waals surface area contributed by atoms with Crippen molar-refractivity contribution in [3.05, 3.63) is 58.6 Å². The number of nitrogens with zero attached hydrogens (tertiary/aromatic N) is 3. The maximum atomic E-state index is 5.23. The average Bonchev–Trinajstić information content (AvgIpc) is 3.05. The Morgan fingerprint density at radius 1 is 1.04 bits per heavy atom. The Morgan fingerprint density at radius 3 is 2.32 bits per heavy atom. The summed E-state index contributed by atoms with van der Waals surface area (Å²) in [6.45, 7) is 4.31. The van der Waals surface area contributed by atoms with Crippen LogP contribution in [0.1, 0.15) is 25.5 Å². The fourth-order valence-corrected chi connectivity index (χ4v) is 3.79. The van der Waals surface area contributed by atoms with Crippen molar-refractivity contribution in [1.82, 2.24) is 14.8 Å². The molecule has 0 aliphatic heterocycles. The molecule has 0 aliphatic carbocycles. The van der Waals surface area contributed by atoms with Crippen molar-refractivity contribution in [2.24, 2.45) is 0 Å². The third-order valence-electron chi connectivity index (χ3n) is 3.81. The van der Waals surface area contributed by atoms with Crippen molar-refractivity contribution in [3.63, 3.8) is 0 Å². The zero-order chi connectivity index (χ0) is 17.8. The van der Waals surface area contributed by atoms with Gasteiger partial charge in [-0.15, -0.1) is 10.2 Å². The van der Waals surface area contributed by atoms with E-state index in [2.05, 4.69) is 68.8 Å². The molecule has 0 unspecified atom stereocenters. The molecule has 0 saturated heterocycles. The minimum atomic E-state index is 0.277. The van der Waals surface area contributed by atoms with Crippen LogP contribution in [0.3, 0.4) is 0 Å². The van der Waals surface area contributed by atoms with E-state index in [4.69, 9.17) is 4.74 Å². The molecule has 1 aromatic heterocycles. The topological polar surface area (TPSA) is 39.9 Å². The number of rotatable bonds is 6. The average molecular weight is 418 g/mol. The van der Waals surface area contributed by atoms with E-state index in [1.54, 1.807) is 18.9 Å². The summed E-state index contributed by atoms with van der Waals surface area (Å²) in [5.41, 5.74) is 2.30. The highest BCUT2D eigenvalue weighted by atomic mass is 79.9. The molecule has 6 heteroatoms. The van der Waals surface area contributed by atoms with Gasteiger partial charge in [-0.05, 0) is 55.8 Å². The summed E-state index contributed by atoms with van der Waals surface area (Å²) in [5, 5.41) is 9.79. The van der Waals surface area contributed by atoms with Crippen molar-refractivity contribution in [3.8, 4) is 17.1 Å². The Morgan fingerprint density at radius 2 is 1.72 bits per heavy atom. The molecule has 3 rings (SSSR count). The first-order valence-corrected chi connectivity index (χ1v) is 9.83. The van der Waals surface area contributed by atoms with Crippen LogP contribution in [0.5, 0.6) is 5.75 Å². The minimum absolute atomic E-state index is 0.277. The van der Waals surface area contributed by atoms with E-state index >= 15 is 0 Å². The lowest BCUT2D eigenvalue weighted by molar-refractivity contribution is 0.415. The van der Waals surface area contributed by atoms with Crippen LogP contribution in [-0.4, -0.2) is 21.9 Å². The summed E-state index contributed by atoms with van der Waals surface area (Å²) < 4.78 is 8.51. The summed E-state index contributed by atoms with van der Waals surface area (Å²) >= 11 is 5.18. The molecule has 0 saturated carbocycles. The fourth-order valence-electron chi connectivity index (χ4n) is 2.51. The van der Waals surface area contributed by atoms with Crippen LogP contribution in [0, 0.1) is 0 Å². The molecule has 130 valence electrons. The summed E-state index contributed by atoms with van der Waals surface area (Å²) in [6, 6.07) is 16.6. The van der Waals surface area contributed by atoms with Gasteiger partial charge in [0.2, 0.25) is 0 Å². The predicted molar refractivity (Wildman–Crippen MR) is 106 cm³/mol. The lowest BCUT2D eigenvalue weighted by Crippen LogP contribution is -2.05. The van der Waals surface area contributed by atoms with E-state index in [1.165, 1.54) is 5.56 Å². The van der Waals surface area contributed by atoms with Gasteiger partial charge in [0.1, 0.15) is 5.75 Å². The monoisotopic (exact) mass is 417 g/mol. The summed E-state index contributed by atoms with van der Waals surface area (Å²) in [6.07, 6.45) is 0. The van der Waals surface area contributed by atoms with Gasteiger partial charge in [0.15, 0.2) is 11.0 Å². The Hall–Kier alpha value is -1.79. The zero-order valence-corrected chi connectivity index (χ0v) is 16.8. The Labute approximate surface area is 160 Å². The first kappa shape index (κ1) is 18.0. The van der Waals surface area contributed by atoms with E-state index in [-0.39, 0.29) is 6.04 Å². The van der Waals surface area contributed by atoms with Crippen molar-refractivity contribution in [1.29, 1.82) is 0 Å². The molecule has 2 aromatic carbocycles. The number of halogens is 1. The predicted octanol–water partition coefficient (Wildman–Crippen LogP) is 5.59. The van der Waals surface area contributed by atoms with Crippen LogP contribution in [0.15, 0.2) is 58.2 Å². The van der Waals surface area contributed by atoms with E-state index in [9.17, 15) is 0 Å². The maximum Gasteiger partial charge on any atom is 0.192 e. The van der Waals surface area contributed by atoms with E-state index < -0.39 is 0 Å². The molecule has 0 spiro atoms. The SMILES string of the molecule is COc1ccc(-c2nnc(SCc3ccc(Br)cc3)n2C(C)C)cc1. The molecule has 0 atom stereocenters. The Kier molecular flexibility index (Phi) is 5.81. The van der Waals surface area contributed by atoms with Crippen molar-refractivity contribution >= 4 is 27.7 Å². The van der Waals surface area contributed by atoms with Crippen LogP contribution in [0.25, 0.3) is 11.4 Å². The van der Waals surface area contributed by atoms with Gasteiger partial charge in [-0.2, -0.15) is 0 Å². The number of aromatic nitrogens is 3.